The van der Waals surface area contributed by atoms with E-state index in [1.165, 1.54) is 0 Å². The van der Waals surface area contributed by atoms with Crippen LogP contribution in [0.2, 0.25) is 0 Å². The fourth-order valence-electron chi connectivity index (χ4n) is 3.87. The Hall–Kier alpha value is -2.54. The molecule has 1 fully saturated rings. The second-order valence-corrected chi connectivity index (χ2v) is 10.0. The van der Waals surface area contributed by atoms with E-state index in [0.717, 1.165) is 42.9 Å². The summed E-state index contributed by atoms with van der Waals surface area (Å²) in [5, 5.41) is 3.16. The number of hydrogen-bond acceptors (Lipinski definition) is 5. The summed E-state index contributed by atoms with van der Waals surface area (Å²) in [4.78, 5) is 15.0. The van der Waals surface area contributed by atoms with Crippen molar-refractivity contribution in [1.82, 2.24) is 5.32 Å². The molecule has 1 saturated heterocycles. The predicted octanol–water partition coefficient (Wildman–Crippen LogP) is 3.60. The summed E-state index contributed by atoms with van der Waals surface area (Å²) in [6.45, 7) is 5.88. The second kappa shape index (κ2) is 10.7. The number of piperidine rings is 1. The summed E-state index contributed by atoms with van der Waals surface area (Å²) in [5.74, 6) is 1.03. The van der Waals surface area contributed by atoms with Crippen LogP contribution in [0.1, 0.15) is 38.7 Å². The van der Waals surface area contributed by atoms with E-state index in [1.54, 1.807) is 19.1 Å². The zero-order valence-corrected chi connectivity index (χ0v) is 19.2. The molecule has 1 amide bonds. The van der Waals surface area contributed by atoms with Crippen molar-refractivity contribution in [3.8, 4) is 5.75 Å². The number of amides is 1. The largest absolute Gasteiger partial charge is 0.494 e. The van der Waals surface area contributed by atoms with Crippen LogP contribution in [0.25, 0.3) is 0 Å². The average molecular weight is 445 g/mol. The average Bonchev–Trinajstić information content (AvgIpc) is 2.79. The first-order chi connectivity index (χ1) is 14.9. The molecule has 0 spiro atoms. The standard InChI is InChI=1S/C24H32N2O4S/c1-3-30-23-8-6-5-7-19(23)9-14-24(27)25-20-15-17-26(18-16-20)21-10-12-22(13-11-21)31(28,29)4-2/h5-8,10-13,20H,3-4,9,14-18H2,1-2H3,(H,25,27). The normalized spacial score (nSPS) is 15.0. The number of carbonyl (C=O) groups excluding carboxylic acids is 1. The number of nitrogens with zero attached hydrogens (tertiary/aromatic N) is 1. The zero-order chi connectivity index (χ0) is 22.3. The highest BCUT2D eigenvalue weighted by atomic mass is 32.2. The third-order valence-corrected chi connectivity index (χ3v) is 7.45. The van der Waals surface area contributed by atoms with Crippen LogP contribution in [0.5, 0.6) is 5.75 Å². The van der Waals surface area contributed by atoms with Crippen molar-refractivity contribution in [3.05, 3.63) is 54.1 Å². The summed E-state index contributed by atoms with van der Waals surface area (Å²) >= 11 is 0. The Morgan fingerprint density at radius 2 is 1.74 bits per heavy atom. The van der Waals surface area contributed by atoms with Gasteiger partial charge in [-0.3, -0.25) is 4.79 Å². The first kappa shape index (κ1) is 23.1. The molecule has 31 heavy (non-hydrogen) atoms. The SMILES string of the molecule is CCOc1ccccc1CCC(=O)NC1CCN(c2ccc(S(=O)(=O)CC)cc2)CC1. The summed E-state index contributed by atoms with van der Waals surface area (Å²) in [6, 6.07) is 15.1. The molecule has 168 valence electrons. The molecule has 3 rings (SSSR count). The Morgan fingerprint density at radius 3 is 2.39 bits per heavy atom. The fraction of sp³-hybridized carbons (Fsp3) is 0.458. The Morgan fingerprint density at radius 1 is 1.06 bits per heavy atom. The third-order valence-electron chi connectivity index (χ3n) is 5.69. The number of nitrogens with one attached hydrogen (secondary N) is 1. The minimum atomic E-state index is -3.17. The number of benzene rings is 2. The highest BCUT2D eigenvalue weighted by Gasteiger charge is 2.21. The molecule has 1 N–H and O–H groups in total. The van der Waals surface area contributed by atoms with Crippen molar-refractivity contribution in [2.75, 3.05) is 30.3 Å². The van der Waals surface area contributed by atoms with Crippen molar-refractivity contribution in [2.45, 2.75) is 50.5 Å². The van der Waals surface area contributed by atoms with Gasteiger partial charge < -0.3 is 15.0 Å². The molecule has 0 radical (unpaired) electrons. The van der Waals surface area contributed by atoms with E-state index in [0.29, 0.717) is 24.3 Å². The highest BCUT2D eigenvalue weighted by Crippen LogP contribution is 2.23. The van der Waals surface area contributed by atoms with Crippen LogP contribution in [0.15, 0.2) is 53.4 Å². The lowest BCUT2D eigenvalue weighted by molar-refractivity contribution is -0.121. The number of sulfone groups is 1. The first-order valence-electron chi connectivity index (χ1n) is 11.0. The van der Waals surface area contributed by atoms with E-state index in [4.69, 9.17) is 4.74 Å². The Labute approximate surface area is 185 Å². The maximum Gasteiger partial charge on any atom is 0.220 e. The molecule has 1 aliphatic rings. The van der Waals surface area contributed by atoms with Gasteiger partial charge in [0.05, 0.1) is 17.3 Å². The van der Waals surface area contributed by atoms with Gasteiger partial charge in [-0.15, -0.1) is 0 Å². The lowest BCUT2D eigenvalue weighted by Gasteiger charge is -2.34. The van der Waals surface area contributed by atoms with Crippen LogP contribution in [0, 0.1) is 0 Å². The van der Waals surface area contributed by atoms with Crippen molar-refractivity contribution >= 4 is 21.4 Å². The van der Waals surface area contributed by atoms with Gasteiger partial charge in [0.15, 0.2) is 9.84 Å². The maximum atomic E-state index is 12.4. The summed E-state index contributed by atoms with van der Waals surface area (Å²) < 4.78 is 29.6. The monoisotopic (exact) mass is 444 g/mol. The van der Waals surface area contributed by atoms with Gasteiger partial charge in [0.2, 0.25) is 5.91 Å². The third kappa shape index (κ3) is 6.23. The number of para-hydroxylation sites is 1. The molecule has 6 nitrogen and oxygen atoms in total. The Balaban J connectivity index is 1.46. The number of anilines is 1. The molecule has 2 aromatic rings. The number of aryl methyl sites for hydroxylation is 1. The molecular weight excluding hydrogens is 412 g/mol. The van der Waals surface area contributed by atoms with Gasteiger partial charge in [-0.2, -0.15) is 0 Å². The maximum absolute atomic E-state index is 12.4. The zero-order valence-electron chi connectivity index (χ0n) is 18.3. The van der Waals surface area contributed by atoms with E-state index < -0.39 is 9.84 Å². The molecule has 1 aliphatic heterocycles. The number of rotatable bonds is 9. The molecule has 7 heteroatoms. The Bertz CT molecular complexity index is 965. The minimum Gasteiger partial charge on any atom is -0.494 e. The topological polar surface area (TPSA) is 75.7 Å². The minimum absolute atomic E-state index is 0.0684. The van der Waals surface area contributed by atoms with E-state index in [2.05, 4.69) is 10.2 Å². The molecule has 1 heterocycles. The molecule has 0 bridgehead atoms. The van der Waals surface area contributed by atoms with Gasteiger partial charge >= 0.3 is 0 Å². The quantitative estimate of drug-likeness (QED) is 0.640. The lowest BCUT2D eigenvalue weighted by atomic mass is 10.0. The van der Waals surface area contributed by atoms with Crippen LogP contribution < -0.4 is 15.0 Å². The van der Waals surface area contributed by atoms with Crippen LogP contribution in [0.3, 0.4) is 0 Å². The van der Waals surface area contributed by atoms with E-state index in [9.17, 15) is 13.2 Å². The number of carbonyl (C=O) groups is 1. The summed E-state index contributed by atoms with van der Waals surface area (Å²) in [6.07, 6.45) is 2.85. The van der Waals surface area contributed by atoms with Gasteiger partial charge in [0.1, 0.15) is 5.75 Å². The van der Waals surface area contributed by atoms with Crippen molar-refractivity contribution in [3.63, 3.8) is 0 Å². The van der Waals surface area contributed by atoms with Gasteiger partial charge in [-0.05, 0) is 62.1 Å². The summed E-state index contributed by atoms with van der Waals surface area (Å²) in [5.41, 5.74) is 2.08. The molecular formula is C24H32N2O4S. The van der Waals surface area contributed by atoms with Crippen LogP contribution in [-0.4, -0.2) is 45.8 Å². The van der Waals surface area contributed by atoms with E-state index in [1.807, 2.05) is 43.3 Å². The van der Waals surface area contributed by atoms with Crippen LogP contribution in [0.4, 0.5) is 5.69 Å². The molecule has 0 aliphatic carbocycles. The van der Waals surface area contributed by atoms with Crippen LogP contribution in [-0.2, 0) is 21.1 Å². The van der Waals surface area contributed by atoms with Gasteiger partial charge in [-0.1, -0.05) is 25.1 Å². The first-order valence-corrected chi connectivity index (χ1v) is 12.7. The van der Waals surface area contributed by atoms with E-state index >= 15 is 0 Å². The fourth-order valence-corrected chi connectivity index (χ4v) is 4.75. The van der Waals surface area contributed by atoms with Crippen molar-refractivity contribution < 1.29 is 17.9 Å². The Kier molecular flexibility index (Phi) is 7.96. The van der Waals surface area contributed by atoms with Crippen molar-refractivity contribution in [2.24, 2.45) is 0 Å². The van der Waals surface area contributed by atoms with Crippen molar-refractivity contribution in [1.29, 1.82) is 0 Å². The number of ether oxygens (including phenoxy) is 1. The molecule has 0 aromatic heterocycles. The van der Waals surface area contributed by atoms with E-state index in [-0.39, 0.29) is 17.7 Å². The summed E-state index contributed by atoms with van der Waals surface area (Å²) in [7, 11) is -3.17. The highest BCUT2D eigenvalue weighted by molar-refractivity contribution is 7.91. The molecule has 0 saturated carbocycles. The second-order valence-electron chi connectivity index (χ2n) is 7.77. The molecule has 2 aromatic carbocycles. The number of hydrogen-bond donors (Lipinski definition) is 1. The van der Waals surface area contributed by atoms with Gasteiger partial charge in [-0.25, -0.2) is 8.42 Å². The predicted molar refractivity (Wildman–Crippen MR) is 123 cm³/mol. The smallest absolute Gasteiger partial charge is 0.220 e. The molecule has 0 atom stereocenters. The van der Waals surface area contributed by atoms with Gasteiger partial charge in [0.25, 0.3) is 0 Å². The van der Waals surface area contributed by atoms with Gasteiger partial charge in [0, 0.05) is 31.2 Å². The lowest BCUT2D eigenvalue weighted by Crippen LogP contribution is -2.44. The van der Waals surface area contributed by atoms with Crippen LogP contribution >= 0.6 is 0 Å². The molecule has 0 unspecified atom stereocenters.